The van der Waals surface area contributed by atoms with Gasteiger partial charge in [-0.15, -0.1) is 0 Å². The van der Waals surface area contributed by atoms with Crippen LogP contribution in [0.15, 0.2) is 23.2 Å². The largest absolute Gasteiger partial charge is 0.377 e. The SMILES string of the molecule is COC(C)(C)CNCc1cnc2cnc(Br)cn12. The topological polar surface area (TPSA) is 51.5 Å². The van der Waals surface area contributed by atoms with E-state index in [1.165, 1.54) is 0 Å². The van der Waals surface area contributed by atoms with Crippen molar-refractivity contribution < 1.29 is 4.74 Å². The normalized spacial score (nSPS) is 12.2. The van der Waals surface area contributed by atoms with E-state index in [0.29, 0.717) is 0 Å². The lowest BCUT2D eigenvalue weighted by Gasteiger charge is -2.23. The third kappa shape index (κ3) is 3.07. The smallest absolute Gasteiger partial charge is 0.155 e. The first-order chi connectivity index (χ1) is 8.52. The van der Waals surface area contributed by atoms with Crippen LogP contribution in [0, 0.1) is 0 Å². The zero-order valence-corrected chi connectivity index (χ0v) is 12.4. The van der Waals surface area contributed by atoms with Gasteiger partial charge in [-0.3, -0.25) is 4.40 Å². The molecule has 1 N–H and O–H groups in total. The Bertz CT molecular complexity index is 538. The van der Waals surface area contributed by atoms with Gasteiger partial charge in [-0.2, -0.15) is 0 Å². The van der Waals surface area contributed by atoms with Crippen molar-refractivity contribution in [3.8, 4) is 0 Å². The van der Waals surface area contributed by atoms with Crippen molar-refractivity contribution in [1.29, 1.82) is 0 Å². The summed E-state index contributed by atoms with van der Waals surface area (Å²) in [4.78, 5) is 8.45. The average molecular weight is 313 g/mol. The van der Waals surface area contributed by atoms with Crippen LogP contribution in [0.3, 0.4) is 0 Å². The minimum Gasteiger partial charge on any atom is -0.377 e. The number of imidazole rings is 1. The first-order valence-corrected chi connectivity index (χ1v) is 6.54. The fourth-order valence-corrected chi connectivity index (χ4v) is 1.92. The standard InChI is InChI=1S/C12H17BrN4O/c1-12(2,18-3)8-14-4-9-5-16-11-6-15-10(13)7-17(9)11/h5-7,14H,4,8H2,1-3H3. The Kier molecular flexibility index (Phi) is 3.99. The highest BCUT2D eigenvalue weighted by atomic mass is 79.9. The van der Waals surface area contributed by atoms with E-state index in [0.717, 1.165) is 29.0 Å². The second kappa shape index (κ2) is 5.34. The van der Waals surface area contributed by atoms with Crippen LogP contribution < -0.4 is 5.32 Å². The minimum atomic E-state index is -0.164. The molecular formula is C12H17BrN4O. The van der Waals surface area contributed by atoms with Crippen LogP contribution in [0.1, 0.15) is 19.5 Å². The molecule has 2 aromatic rings. The van der Waals surface area contributed by atoms with Crippen LogP contribution in [-0.2, 0) is 11.3 Å². The van der Waals surface area contributed by atoms with Gasteiger partial charge in [0.05, 0.1) is 23.7 Å². The molecule has 0 bridgehead atoms. The van der Waals surface area contributed by atoms with Gasteiger partial charge in [-0.05, 0) is 29.8 Å². The predicted octanol–water partition coefficient (Wildman–Crippen LogP) is 2.01. The molecule has 0 fully saturated rings. The van der Waals surface area contributed by atoms with Gasteiger partial charge in [-0.25, -0.2) is 9.97 Å². The van der Waals surface area contributed by atoms with Crippen molar-refractivity contribution in [1.82, 2.24) is 19.7 Å². The molecule has 2 heterocycles. The van der Waals surface area contributed by atoms with E-state index in [1.54, 1.807) is 13.3 Å². The fraction of sp³-hybridized carbons (Fsp3) is 0.500. The first-order valence-electron chi connectivity index (χ1n) is 5.75. The van der Waals surface area contributed by atoms with Crippen molar-refractivity contribution in [3.05, 3.63) is 28.9 Å². The number of nitrogens with one attached hydrogen (secondary N) is 1. The van der Waals surface area contributed by atoms with Crippen LogP contribution in [0.25, 0.3) is 5.65 Å². The summed E-state index contributed by atoms with van der Waals surface area (Å²) in [5, 5.41) is 3.37. The number of nitrogens with zero attached hydrogens (tertiary/aromatic N) is 3. The summed E-state index contributed by atoms with van der Waals surface area (Å²) in [6.07, 6.45) is 5.52. The molecule has 0 aliphatic rings. The van der Waals surface area contributed by atoms with Crippen molar-refractivity contribution in [2.75, 3.05) is 13.7 Å². The molecule has 0 aliphatic carbocycles. The Morgan fingerprint density at radius 2 is 2.17 bits per heavy atom. The Labute approximate surface area is 115 Å². The number of fused-ring (bicyclic) bond motifs is 1. The van der Waals surface area contributed by atoms with Crippen LogP contribution in [0.2, 0.25) is 0 Å². The van der Waals surface area contributed by atoms with E-state index in [4.69, 9.17) is 4.74 Å². The maximum absolute atomic E-state index is 5.36. The number of halogens is 1. The summed E-state index contributed by atoms with van der Waals surface area (Å²) in [6, 6.07) is 0. The monoisotopic (exact) mass is 312 g/mol. The van der Waals surface area contributed by atoms with Gasteiger partial charge in [0, 0.05) is 26.4 Å². The molecule has 0 amide bonds. The van der Waals surface area contributed by atoms with E-state index >= 15 is 0 Å². The third-order valence-electron chi connectivity index (χ3n) is 2.85. The molecule has 98 valence electrons. The summed E-state index contributed by atoms with van der Waals surface area (Å²) in [6.45, 7) is 5.62. The lowest BCUT2D eigenvalue weighted by molar-refractivity contribution is 0.0230. The van der Waals surface area contributed by atoms with Gasteiger partial charge in [0.1, 0.15) is 4.60 Å². The molecule has 0 atom stereocenters. The Morgan fingerprint density at radius 1 is 1.39 bits per heavy atom. The van der Waals surface area contributed by atoms with E-state index in [-0.39, 0.29) is 5.60 Å². The van der Waals surface area contributed by atoms with Crippen LogP contribution in [0.5, 0.6) is 0 Å². The third-order valence-corrected chi connectivity index (χ3v) is 3.26. The van der Waals surface area contributed by atoms with Gasteiger partial charge >= 0.3 is 0 Å². The van der Waals surface area contributed by atoms with E-state index in [1.807, 2.05) is 16.8 Å². The van der Waals surface area contributed by atoms with Gasteiger partial charge < -0.3 is 10.1 Å². The van der Waals surface area contributed by atoms with Gasteiger partial charge in [-0.1, -0.05) is 0 Å². The van der Waals surface area contributed by atoms with Crippen LogP contribution in [0.4, 0.5) is 0 Å². The second-order valence-corrected chi connectivity index (χ2v) is 5.57. The van der Waals surface area contributed by atoms with Gasteiger partial charge in [0.25, 0.3) is 0 Å². The zero-order valence-electron chi connectivity index (χ0n) is 10.8. The Morgan fingerprint density at radius 3 is 2.89 bits per heavy atom. The van der Waals surface area contributed by atoms with Gasteiger partial charge in [0.15, 0.2) is 5.65 Å². The molecule has 0 spiro atoms. The number of ether oxygens (including phenoxy) is 1. The summed E-state index contributed by atoms with van der Waals surface area (Å²) < 4.78 is 8.18. The summed E-state index contributed by atoms with van der Waals surface area (Å²) in [5.41, 5.74) is 1.78. The molecule has 0 saturated heterocycles. The molecule has 2 rings (SSSR count). The molecule has 5 nitrogen and oxygen atoms in total. The second-order valence-electron chi connectivity index (χ2n) is 4.76. The van der Waals surface area contributed by atoms with Crippen LogP contribution in [-0.4, -0.2) is 33.6 Å². The maximum atomic E-state index is 5.36. The number of methoxy groups -OCH3 is 1. The quantitative estimate of drug-likeness (QED) is 0.917. The highest BCUT2D eigenvalue weighted by molar-refractivity contribution is 9.10. The average Bonchev–Trinajstić information content (AvgIpc) is 2.72. The van der Waals surface area contributed by atoms with E-state index in [9.17, 15) is 0 Å². The summed E-state index contributed by atoms with van der Waals surface area (Å²) >= 11 is 3.36. The predicted molar refractivity (Wildman–Crippen MR) is 73.5 cm³/mol. The molecule has 0 radical (unpaired) electrons. The fourth-order valence-electron chi connectivity index (χ4n) is 1.61. The van der Waals surface area contributed by atoms with Crippen molar-refractivity contribution in [3.63, 3.8) is 0 Å². The summed E-state index contributed by atoms with van der Waals surface area (Å²) in [7, 11) is 1.72. The molecule has 0 unspecified atom stereocenters. The maximum Gasteiger partial charge on any atom is 0.155 e. The first kappa shape index (κ1) is 13.5. The molecule has 0 aromatic carbocycles. The zero-order chi connectivity index (χ0) is 13.2. The molecule has 0 saturated carbocycles. The Balaban J connectivity index is 2.06. The number of aromatic nitrogens is 3. The summed E-state index contributed by atoms with van der Waals surface area (Å²) in [5.74, 6) is 0. The van der Waals surface area contributed by atoms with E-state index in [2.05, 4.69) is 45.1 Å². The lowest BCUT2D eigenvalue weighted by atomic mass is 10.1. The minimum absolute atomic E-state index is 0.164. The number of hydrogen-bond donors (Lipinski definition) is 1. The van der Waals surface area contributed by atoms with Crippen molar-refractivity contribution >= 4 is 21.6 Å². The highest BCUT2D eigenvalue weighted by Gasteiger charge is 2.15. The highest BCUT2D eigenvalue weighted by Crippen LogP contribution is 2.11. The van der Waals surface area contributed by atoms with Crippen molar-refractivity contribution in [2.45, 2.75) is 26.0 Å². The number of hydrogen-bond acceptors (Lipinski definition) is 4. The van der Waals surface area contributed by atoms with Crippen LogP contribution >= 0.6 is 15.9 Å². The van der Waals surface area contributed by atoms with E-state index < -0.39 is 0 Å². The number of rotatable bonds is 5. The molecule has 0 aliphatic heterocycles. The molecular weight excluding hydrogens is 296 g/mol. The molecule has 2 aromatic heterocycles. The molecule has 18 heavy (non-hydrogen) atoms. The van der Waals surface area contributed by atoms with Crippen molar-refractivity contribution in [2.24, 2.45) is 0 Å². The molecule has 6 heteroatoms. The van der Waals surface area contributed by atoms with Gasteiger partial charge in [0.2, 0.25) is 0 Å². The lowest BCUT2D eigenvalue weighted by Crippen LogP contribution is -2.36. The Hall–Kier alpha value is -0.980.